The van der Waals surface area contributed by atoms with Crippen LogP contribution in [0.4, 0.5) is 0 Å². The molecule has 0 heterocycles. The van der Waals surface area contributed by atoms with Crippen LogP contribution >= 0.6 is 0 Å². The van der Waals surface area contributed by atoms with E-state index >= 15 is 0 Å². The molecule has 0 aromatic rings. The average Bonchev–Trinajstić information content (AvgIpc) is 2.57. The largest absolute Gasteiger partial charge is 0.395 e. The minimum Gasteiger partial charge on any atom is -0.395 e. The van der Waals surface area contributed by atoms with Gasteiger partial charge in [0, 0.05) is 17.7 Å². The summed E-state index contributed by atoms with van der Waals surface area (Å²) in [6, 6.07) is 0. The summed E-state index contributed by atoms with van der Waals surface area (Å²) in [5.41, 5.74) is 5.80. The summed E-state index contributed by atoms with van der Waals surface area (Å²) in [6.45, 7) is 5.63. The second kappa shape index (κ2) is 4.23. The maximum atomic E-state index is 11.7. The molecule has 0 spiro atoms. The first-order chi connectivity index (χ1) is 6.91. The summed E-state index contributed by atoms with van der Waals surface area (Å²) in [4.78, 5) is 0. The van der Waals surface area contributed by atoms with Gasteiger partial charge in [-0.15, -0.1) is 0 Å². The van der Waals surface area contributed by atoms with E-state index in [0.29, 0.717) is 12.8 Å². The Morgan fingerprint density at radius 3 is 2.60 bits per heavy atom. The highest BCUT2D eigenvalue weighted by Crippen LogP contribution is 2.43. The zero-order valence-corrected chi connectivity index (χ0v) is 9.89. The fourth-order valence-corrected chi connectivity index (χ4v) is 3.60. The molecule has 0 radical (unpaired) electrons. The van der Waals surface area contributed by atoms with Gasteiger partial charge in [-0.2, -0.15) is 0 Å². The van der Waals surface area contributed by atoms with E-state index in [1.807, 2.05) is 0 Å². The van der Waals surface area contributed by atoms with Gasteiger partial charge in [-0.05, 0) is 12.8 Å². The Bertz CT molecular complexity index is 344. The van der Waals surface area contributed by atoms with Crippen LogP contribution in [0.5, 0.6) is 0 Å². The number of hydrogen-bond acceptors (Lipinski definition) is 4. The van der Waals surface area contributed by atoms with Crippen LogP contribution in [0, 0.1) is 5.41 Å². The lowest BCUT2D eigenvalue weighted by Gasteiger charge is -2.26. The van der Waals surface area contributed by atoms with E-state index in [0.717, 1.165) is 5.57 Å². The number of hydrogen-bond donors (Lipinski definition) is 2. The molecule has 1 rings (SSSR count). The Hall–Kier alpha value is -0.390. The molecule has 0 aromatic heterocycles. The topological polar surface area (TPSA) is 80.4 Å². The summed E-state index contributed by atoms with van der Waals surface area (Å²) in [7, 11) is -3.05. The van der Waals surface area contributed by atoms with Crippen molar-refractivity contribution in [3.8, 4) is 0 Å². The van der Waals surface area contributed by atoms with E-state index in [9.17, 15) is 13.5 Å². The molecule has 0 unspecified atom stereocenters. The van der Waals surface area contributed by atoms with Crippen LogP contribution in [0.3, 0.4) is 0 Å². The number of aliphatic hydroxyl groups excluding tert-OH is 1. The molecule has 0 saturated heterocycles. The Balaban J connectivity index is 2.94. The average molecular weight is 233 g/mol. The summed E-state index contributed by atoms with van der Waals surface area (Å²) >= 11 is 0. The van der Waals surface area contributed by atoms with Gasteiger partial charge in [0.1, 0.15) is 0 Å². The maximum absolute atomic E-state index is 11.7. The SMILES string of the molecule is C=C1C[C@H](S(=O)(=O)CC)C[C@]1(CN)CO. The van der Waals surface area contributed by atoms with Crippen molar-refractivity contribution in [1.29, 1.82) is 0 Å². The molecule has 1 saturated carbocycles. The van der Waals surface area contributed by atoms with Gasteiger partial charge in [0.05, 0.1) is 11.9 Å². The van der Waals surface area contributed by atoms with Crippen molar-refractivity contribution in [2.75, 3.05) is 18.9 Å². The lowest BCUT2D eigenvalue weighted by Crippen LogP contribution is -2.34. The Morgan fingerprint density at radius 2 is 2.27 bits per heavy atom. The van der Waals surface area contributed by atoms with Crippen molar-refractivity contribution in [2.45, 2.75) is 25.0 Å². The number of aliphatic hydroxyl groups is 1. The lowest BCUT2D eigenvalue weighted by atomic mass is 9.84. The normalized spacial score (nSPS) is 32.2. The monoisotopic (exact) mass is 233 g/mol. The third-order valence-electron chi connectivity index (χ3n) is 3.45. The fraction of sp³-hybridized carbons (Fsp3) is 0.800. The molecule has 5 heteroatoms. The smallest absolute Gasteiger partial charge is 0.153 e. The molecule has 0 aromatic carbocycles. The predicted octanol–water partition coefficient (Wildman–Crippen LogP) is 0.0771. The first-order valence-corrected chi connectivity index (χ1v) is 6.84. The van der Waals surface area contributed by atoms with E-state index in [1.165, 1.54) is 0 Å². The Labute approximate surface area is 91.1 Å². The van der Waals surface area contributed by atoms with Gasteiger partial charge in [0.25, 0.3) is 0 Å². The molecule has 1 aliphatic carbocycles. The van der Waals surface area contributed by atoms with Crippen LogP contribution in [0.1, 0.15) is 19.8 Å². The first kappa shape index (κ1) is 12.7. The molecule has 4 nitrogen and oxygen atoms in total. The van der Waals surface area contributed by atoms with Gasteiger partial charge in [0.2, 0.25) is 0 Å². The third kappa shape index (κ3) is 2.09. The van der Waals surface area contributed by atoms with Crippen LogP contribution in [-0.4, -0.2) is 37.7 Å². The van der Waals surface area contributed by atoms with Crippen molar-refractivity contribution >= 4 is 9.84 Å². The summed E-state index contributed by atoms with van der Waals surface area (Å²) in [5, 5.41) is 8.90. The highest BCUT2D eigenvalue weighted by molar-refractivity contribution is 7.92. The highest BCUT2D eigenvalue weighted by atomic mass is 32.2. The van der Waals surface area contributed by atoms with Crippen molar-refractivity contribution < 1.29 is 13.5 Å². The van der Waals surface area contributed by atoms with E-state index < -0.39 is 20.5 Å². The molecule has 88 valence electrons. The lowest BCUT2D eigenvalue weighted by molar-refractivity contribution is 0.170. The van der Waals surface area contributed by atoms with Gasteiger partial charge in [-0.25, -0.2) is 8.42 Å². The summed E-state index contributed by atoms with van der Waals surface area (Å²) in [5.74, 6) is 0.136. The molecule has 0 aliphatic heterocycles. The fourth-order valence-electron chi connectivity index (χ4n) is 2.10. The van der Waals surface area contributed by atoms with Gasteiger partial charge >= 0.3 is 0 Å². The second-order valence-electron chi connectivity index (χ2n) is 4.23. The number of rotatable bonds is 4. The third-order valence-corrected chi connectivity index (χ3v) is 5.60. The maximum Gasteiger partial charge on any atom is 0.153 e. The van der Waals surface area contributed by atoms with Crippen molar-refractivity contribution in [3.05, 3.63) is 12.2 Å². The molecule has 15 heavy (non-hydrogen) atoms. The van der Waals surface area contributed by atoms with Crippen LogP contribution in [0.2, 0.25) is 0 Å². The standard InChI is InChI=1S/C10H19NO3S/c1-3-15(13,14)9-4-8(2)10(5-9,6-11)7-12/h9,12H,2-7,11H2,1H3/t9-,10-/m0/s1. The molecule has 3 N–H and O–H groups in total. The molecule has 2 atom stereocenters. The first-order valence-electron chi connectivity index (χ1n) is 5.12. The van der Waals surface area contributed by atoms with Gasteiger partial charge < -0.3 is 10.8 Å². The van der Waals surface area contributed by atoms with E-state index in [4.69, 9.17) is 5.73 Å². The van der Waals surface area contributed by atoms with Crippen molar-refractivity contribution in [3.63, 3.8) is 0 Å². The summed E-state index contributed by atoms with van der Waals surface area (Å²) in [6.07, 6.45) is 0.850. The highest BCUT2D eigenvalue weighted by Gasteiger charge is 2.45. The molecule has 1 fully saturated rings. The zero-order chi connectivity index (χ0) is 11.7. The van der Waals surface area contributed by atoms with E-state index in [2.05, 4.69) is 6.58 Å². The quantitative estimate of drug-likeness (QED) is 0.674. The molecular weight excluding hydrogens is 214 g/mol. The minimum atomic E-state index is -3.05. The van der Waals surface area contributed by atoms with Crippen LogP contribution in [0.15, 0.2) is 12.2 Å². The van der Waals surface area contributed by atoms with Gasteiger partial charge in [-0.1, -0.05) is 19.1 Å². The molecule has 0 amide bonds. The van der Waals surface area contributed by atoms with Gasteiger partial charge in [-0.3, -0.25) is 0 Å². The Morgan fingerprint density at radius 1 is 1.67 bits per heavy atom. The summed E-state index contributed by atoms with van der Waals surface area (Å²) < 4.78 is 23.4. The van der Waals surface area contributed by atoms with Crippen LogP contribution in [-0.2, 0) is 9.84 Å². The van der Waals surface area contributed by atoms with Gasteiger partial charge in [0.15, 0.2) is 9.84 Å². The molecular formula is C10H19NO3S. The van der Waals surface area contributed by atoms with Crippen molar-refractivity contribution in [1.82, 2.24) is 0 Å². The molecule has 0 bridgehead atoms. The zero-order valence-electron chi connectivity index (χ0n) is 9.07. The number of sulfone groups is 1. The van der Waals surface area contributed by atoms with E-state index in [-0.39, 0.29) is 18.9 Å². The minimum absolute atomic E-state index is 0.113. The van der Waals surface area contributed by atoms with Crippen molar-refractivity contribution in [2.24, 2.45) is 11.1 Å². The van der Waals surface area contributed by atoms with Crippen LogP contribution in [0.25, 0.3) is 0 Å². The second-order valence-corrected chi connectivity index (χ2v) is 6.80. The molecule has 1 aliphatic rings. The number of nitrogens with two attached hydrogens (primary N) is 1. The predicted molar refractivity (Wildman–Crippen MR) is 60.2 cm³/mol. The van der Waals surface area contributed by atoms with E-state index in [1.54, 1.807) is 6.92 Å². The Kier molecular flexibility index (Phi) is 3.58. The van der Waals surface area contributed by atoms with Crippen LogP contribution < -0.4 is 5.73 Å².